The van der Waals surface area contributed by atoms with Crippen LogP contribution in [0, 0.1) is 11.7 Å². The number of carbonyl (C=O) groups is 2. The van der Waals surface area contributed by atoms with E-state index in [0.717, 1.165) is 24.9 Å². The van der Waals surface area contributed by atoms with Gasteiger partial charge in [0.1, 0.15) is 5.82 Å². The molecule has 2 amide bonds. The zero-order valence-electron chi connectivity index (χ0n) is 15.6. The van der Waals surface area contributed by atoms with E-state index in [4.69, 9.17) is 0 Å². The predicted molar refractivity (Wildman–Crippen MR) is 99.1 cm³/mol. The van der Waals surface area contributed by atoms with Crippen LogP contribution in [0.2, 0.25) is 0 Å². The first-order valence-electron chi connectivity index (χ1n) is 9.91. The Hall–Kier alpha value is -1.91. The molecule has 26 heavy (non-hydrogen) atoms. The molecular weight excluding hydrogens is 331 g/mol. The second-order valence-corrected chi connectivity index (χ2v) is 7.53. The molecule has 0 bridgehead atoms. The van der Waals surface area contributed by atoms with Crippen molar-refractivity contribution in [3.8, 4) is 0 Å². The third kappa shape index (κ3) is 4.43. The smallest absolute Gasteiger partial charge is 0.228 e. The summed E-state index contributed by atoms with van der Waals surface area (Å²) in [6.07, 6.45) is 6.85. The Balaban J connectivity index is 1.55. The van der Waals surface area contributed by atoms with E-state index in [9.17, 15) is 14.0 Å². The van der Waals surface area contributed by atoms with Crippen molar-refractivity contribution in [2.45, 2.75) is 57.9 Å². The molecule has 0 N–H and O–H groups in total. The van der Waals surface area contributed by atoms with E-state index in [2.05, 4.69) is 0 Å². The van der Waals surface area contributed by atoms with Gasteiger partial charge < -0.3 is 9.80 Å². The van der Waals surface area contributed by atoms with Gasteiger partial charge in [0, 0.05) is 32.1 Å². The van der Waals surface area contributed by atoms with Crippen molar-refractivity contribution in [3.63, 3.8) is 0 Å². The van der Waals surface area contributed by atoms with Gasteiger partial charge in [-0.25, -0.2) is 4.39 Å². The molecule has 1 aromatic carbocycles. The van der Waals surface area contributed by atoms with Crippen molar-refractivity contribution in [3.05, 3.63) is 35.6 Å². The van der Waals surface area contributed by atoms with Crippen LogP contribution in [-0.4, -0.2) is 47.3 Å². The van der Waals surface area contributed by atoms with Crippen LogP contribution in [-0.2, 0) is 16.0 Å². The molecule has 0 radical (unpaired) electrons. The molecule has 3 rings (SSSR count). The number of hydrogen-bond donors (Lipinski definition) is 0. The van der Waals surface area contributed by atoms with Crippen molar-refractivity contribution in [2.75, 3.05) is 19.6 Å². The third-order valence-corrected chi connectivity index (χ3v) is 5.79. The Labute approximate surface area is 155 Å². The first-order chi connectivity index (χ1) is 12.6. The zero-order chi connectivity index (χ0) is 18.5. The molecule has 1 aliphatic carbocycles. The fourth-order valence-corrected chi connectivity index (χ4v) is 4.29. The highest BCUT2D eigenvalue weighted by Gasteiger charge is 2.37. The molecule has 0 spiro atoms. The fourth-order valence-electron chi connectivity index (χ4n) is 4.29. The maximum atomic E-state index is 13.0. The van der Waals surface area contributed by atoms with Gasteiger partial charge in [0.25, 0.3) is 0 Å². The van der Waals surface area contributed by atoms with Gasteiger partial charge in [0.2, 0.25) is 11.8 Å². The third-order valence-electron chi connectivity index (χ3n) is 5.79. The summed E-state index contributed by atoms with van der Waals surface area (Å²) in [7, 11) is 0. The highest BCUT2D eigenvalue weighted by molar-refractivity contribution is 5.89. The van der Waals surface area contributed by atoms with Crippen molar-refractivity contribution in [1.29, 1.82) is 0 Å². The Bertz CT molecular complexity index is 625. The summed E-state index contributed by atoms with van der Waals surface area (Å²) in [5, 5.41) is 0. The Kier molecular flexibility index (Phi) is 6.28. The lowest BCUT2D eigenvalue weighted by Gasteiger charge is -2.35. The maximum absolute atomic E-state index is 13.0. The van der Waals surface area contributed by atoms with E-state index in [0.29, 0.717) is 32.0 Å². The Morgan fingerprint density at radius 2 is 1.88 bits per heavy atom. The maximum Gasteiger partial charge on any atom is 0.228 e. The highest BCUT2D eigenvalue weighted by Crippen LogP contribution is 2.27. The van der Waals surface area contributed by atoms with Crippen LogP contribution in [0.1, 0.15) is 51.0 Å². The Morgan fingerprint density at radius 3 is 2.54 bits per heavy atom. The molecule has 1 saturated heterocycles. The second kappa shape index (κ2) is 8.65. The lowest BCUT2D eigenvalue weighted by Crippen LogP contribution is -2.45. The van der Waals surface area contributed by atoms with E-state index in [-0.39, 0.29) is 23.5 Å². The van der Waals surface area contributed by atoms with E-state index in [1.165, 1.54) is 31.4 Å². The number of hydrogen-bond acceptors (Lipinski definition) is 2. The van der Waals surface area contributed by atoms with E-state index >= 15 is 0 Å². The summed E-state index contributed by atoms with van der Waals surface area (Å²) in [4.78, 5) is 29.1. The molecule has 142 valence electrons. The lowest BCUT2D eigenvalue weighted by molar-refractivity contribution is -0.138. The van der Waals surface area contributed by atoms with Gasteiger partial charge in [-0.1, -0.05) is 31.4 Å². The number of halogens is 1. The largest absolute Gasteiger partial charge is 0.342 e. The Morgan fingerprint density at radius 1 is 1.19 bits per heavy atom. The molecular formula is C21H29FN2O2. The van der Waals surface area contributed by atoms with Gasteiger partial charge in [0.05, 0.1) is 5.92 Å². The first kappa shape index (κ1) is 18.9. The van der Waals surface area contributed by atoms with E-state index in [1.54, 1.807) is 17.0 Å². The number of amides is 2. The van der Waals surface area contributed by atoms with Crippen LogP contribution >= 0.6 is 0 Å². The molecule has 1 saturated carbocycles. The van der Waals surface area contributed by atoms with Crippen molar-refractivity contribution in [1.82, 2.24) is 9.80 Å². The lowest BCUT2D eigenvalue weighted by atomic mass is 9.93. The molecule has 1 heterocycles. The zero-order valence-corrected chi connectivity index (χ0v) is 15.6. The first-order valence-corrected chi connectivity index (χ1v) is 9.91. The van der Waals surface area contributed by atoms with Crippen LogP contribution in [0.15, 0.2) is 24.3 Å². The quantitative estimate of drug-likeness (QED) is 0.780. The number of likely N-dealkylation sites (tertiary alicyclic amines) is 1. The molecule has 1 aromatic rings. The van der Waals surface area contributed by atoms with Crippen LogP contribution in [0.4, 0.5) is 4.39 Å². The van der Waals surface area contributed by atoms with Gasteiger partial charge in [0.15, 0.2) is 0 Å². The van der Waals surface area contributed by atoms with Gasteiger partial charge in [-0.3, -0.25) is 9.59 Å². The average molecular weight is 360 g/mol. The van der Waals surface area contributed by atoms with Crippen molar-refractivity contribution in [2.24, 2.45) is 5.92 Å². The van der Waals surface area contributed by atoms with Gasteiger partial charge in [-0.05, 0) is 43.9 Å². The minimum atomic E-state index is -0.251. The van der Waals surface area contributed by atoms with E-state index in [1.807, 2.05) is 11.8 Å². The number of rotatable bonds is 6. The summed E-state index contributed by atoms with van der Waals surface area (Å²) in [5.74, 6) is -0.251. The predicted octanol–water partition coefficient (Wildman–Crippen LogP) is 3.40. The van der Waals surface area contributed by atoms with Gasteiger partial charge >= 0.3 is 0 Å². The molecule has 2 fully saturated rings. The summed E-state index contributed by atoms with van der Waals surface area (Å²) < 4.78 is 13.0. The average Bonchev–Trinajstić information content (AvgIpc) is 3.03. The summed E-state index contributed by atoms with van der Waals surface area (Å²) in [6, 6.07) is 6.73. The summed E-state index contributed by atoms with van der Waals surface area (Å²) >= 11 is 0. The minimum Gasteiger partial charge on any atom is -0.342 e. The monoisotopic (exact) mass is 360 g/mol. The SMILES string of the molecule is CCN(C(=O)[C@@H]1CC(=O)N(CCc2ccc(F)cc2)C1)C1CCCCC1. The highest BCUT2D eigenvalue weighted by atomic mass is 19.1. The van der Waals surface area contributed by atoms with E-state index < -0.39 is 0 Å². The number of benzene rings is 1. The molecule has 2 aliphatic rings. The second-order valence-electron chi connectivity index (χ2n) is 7.53. The molecule has 1 aliphatic heterocycles. The molecule has 4 nitrogen and oxygen atoms in total. The van der Waals surface area contributed by atoms with Crippen LogP contribution in [0.3, 0.4) is 0 Å². The molecule has 1 atom stereocenters. The summed E-state index contributed by atoms with van der Waals surface area (Å²) in [6.45, 7) is 3.87. The normalized spacial score (nSPS) is 21.2. The molecule has 0 unspecified atom stereocenters. The summed E-state index contributed by atoms with van der Waals surface area (Å²) in [5.41, 5.74) is 1.01. The van der Waals surface area contributed by atoms with Gasteiger partial charge in [-0.15, -0.1) is 0 Å². The minimum absolute atomic E-state index is 0.0603. The standard InChI is InChI=1S/C21H29FN2O2/c1-2-24(19-6-4-3-5-7-19)21(26)17-14-20(25)23(15-17)13-12-16-8-10-18(22)11-9-16/h8-11,17,19H,2-7,12-15H2,1H3/t17-/m1/s1. The topological polar surface area (TPSA) is 40.6 Å². The fraction of sp³-hybridized carbons (Fsp3) is 0.619. The van der Waals surface area contributed by atoms with Crippen molar-refractivity contribution >= 4 is 11.8 Å². The molecule has 0 aromatic heterocycles. The van der Waals surface area contributed by atoms with Crippen LogP contribution in [0.25, 0.3) is 0 Å². The van der Waals surface area contributed by atoms with Gasteiger partial charge in [-0.2, -0.15) is 0 Å². The van der Waals surface area contributed by atoms with Crippen LogP contribution < -0.4 is 0 Å². The number of nitrogens with zero attached hydrogens (tertiary/aromatic N) is 2. The van der Waals surface area contributed by atoms with Crippen molar-refractivity contribution < 1.29 is 14.0 Å². The number of carbonyl (C=O) groups excluding carboxylic acids is 2. The van der Waals surface area contributed by atoms with Crippen LogP contribution in [0.5, 0.6) is 0 Å². The molecule has 5 heteroatoms.